The van der Waals surface area contributed by atoms with Gasteiger partial charge in [-0.3, -0.25) is 0 Å². The van der Waals surface area contributed by atoms with Gasteiger partial charge in [0.2, 0.25) is 5.92 Å². The van der Waals surface area contributed by atoms with Gasteiger partial charge in [0, 0.05) is 18.9 Å². The molecule has 0 heterocycles. The van der Waals surface area contributed by atoms with Gasteiger partial charge in [-0.2, -0.15) is 0 Å². The predicted molar refractivity (Wildman–Crippen MR) is 36.0 cm³/mol. The van der Waals surface area contributed by atoms with Gasteiger partial charge < -0.3 is 5.73 Å². The minimum absolute atomic E-state index is 0.00775. The summed E-state index contributed by atoms with van der Waals surface area (Å²) >= 11 is 0. The van der Waals surface area contributed by atoms with E-state index >= 15 is 0 Å². The zero-order valence-corrected chi connectivity index (χ0v) is 5.95. The molecule has 0 aliphatic heterocycles. The van der Waals surface area contributed by atoms with Crippen molar-refractivity contribution >= 4 is 0 Å². The Balaban J connectivity index is 2.41. The van der Waals surface area contributed by atoms with E-state index in [4.69, 9.17) is 5.73 Å². The standard InChI is InChI=1S/C7H13F2N/c8-7(9)4-1-2-6(10)3-5-7/h6H,1-5,10H2/t6-/m1/s1. The lowest BCUT2D eigenvalue weighted by Gasteiger charge is -2.11. The van der Waals surface area contributed by atoms with Crippen LogP contribution in [-0.4, -0.2) is 12.0 Å². The summed E-state index contributed by atoms with van der Waals surface area (Å²) in [5.74, 6) is -2.44. The molecule has 0 aromatic rings. The summed E-state index contributed by atoms with van der Waals surface area (Å²) in [7, 11) is 0. The molecule has 0 amide bonds. The van der Waals surface area contributed by atoms with E-state index in [0.29, 0.717) is 12.8 Å². The van der Waals surface area contributed by atoms with E-state index in [2.05, 4.69) is 0 Å². The molecule has 3 heteroatoms. The maximum atomic E-state index is 12.6. The average Bonchev–Trinajstić information content (AvgIpc) is 1.94. The third kappa shape index (κ3) is 2.21. The van der Waals surface area contributed by atoms with Crippen molar-refractivity contribution in [3.63, 3.8) is 0 Å². The van der Waals surface area contributed by atoms with E-state index in [-0.39, 0.29) is 18.9 Å². The summed E-state index contributed by atoms with van der Waals surface area (Å²) in [6.45, 7) is 0. The quantitative estimate of drug-likeness (QED) is 0.523. The number of alkyl halides is 2. The Labute approximate surface area is 59.6 Å². The van der Waals surface area contributed by atoms with Crippen LogP contribution in [0.15, 0.2) is 0 Å². The fraction of sp³-hybridized carbons (Fsp3) is 1.00. The average molecular weight is 149 g/mol. The lowest BCUT2D eigenvalue weighted by atomic mass is 10.1. The first-order valence-corrected chi connectivity index (χ1v) is 3.73. The molecule has 0 saturated heterocycles. The molecule has 0 spiro atoms. The van der Waals surface area contributed by atoms with Gasteiger partial charge in [0.05, 0.1) is 0 Å². The molecule has 1 aliphatic carbocycles. The maximum absolute atomic E-state index is 12.6. The second-order valence-electron chi connectivity index (χ2n) is 3.05. The highest BCUT2D eigenvalue weighted by Crippen LogP contribution is 2.30. The van der Waals surface area contributed by atoms with Gasteiger partial charge in [-0.25, -0.2) is 8.78 Å². The van der Waals surface area contributed by atoms with Crippen molar-refractivity contribution in [3.8, 4) is 0 Å². The predicted octanol–water partition coefficient (Wildman–Crippen LogP) is 1.91. The smallest absolute Gasteiger partial charge is 0.248 e. The van der Waals surface area contributed by atoms with Gasteiger partial charge >= 0.3 is 0 Å². The highest BCUT2D eigenvalue weighted by atomic mass is 19.3. The van der Waals surface area contributed by atoms with Crippen molar-refractivity contribution in [2.75, 3.05) is 0 Å². The molecule has 10 heavy (non-hydrogen) atoms. The third-order valence-corrected chi connectivity index (χ3v) is 2.00. The van der Waals surface area contributed by atoms with Crippen LogP contribution in [0.25, 0.3) is 0 Å². The molecule has 1 fully saturated rings. The minimum Gasteiger partial charge on any atom is -0.328 e. The summed E-state index contributed by atoms with van der Waals surface area (Å²) in [6, 6.07) is 0.00775. The first-order chi connectivity index (χ1) is 4.60. The second kappa shape index (κ2) is 2.82. The third-order valence-electron chi connectivity index (χ3n) is 2.00. The van der Waals surface area contributed by atoms with Gasteiger partial charge in [-0.05, 0) is 19.3 Å². The number of hydrogen-bond donors (Lipinski definition) is 1. The van der Waals surface area contributed by atoms with Crippen molar-refractivity contribution in [2.24, 2.45) is 5.73 Å². The van der Waals surface area contributed by atoms with Crippen molar-refractivity contribution < 1.29 is 8.78 Å². The van der Waals surface area contributed by atoms with Crippen LogP contribution in [0.3, 0.4) is 0 Å². The number of halogens is 2. The van der Waals surface area contributed by atoms with Crippen LogP contribution in [0.4, 0.5) is 8.78 Å². The molecule has 1 rings (SSSR count). The minimum atomic E-state index is -2.44. The molecule has 0 bridgehead atoms. The molecule has 0 aromatic carbocycles. The van der Waals surface area contributed by atoms with E-state index in [1.54, 1.807) is 0 Å². The van der Waals surface area contributed by atoms with Gasteiger partial charge in [-0.15, -0.1) is 0 Å². The Morgan fingerprint density at radius 2 is 1.90 bits per heavy atom. The monoisotopic (exact) mass is 149 g/mol. The highest BCUT2D eigenvalue weighted by Gasteiger charge is 2.31. The molecule has 1 atom stereocenters. The summed E-state index contributed by atoms with van der Waals surface area (Å²) in [5.41, 5.74) is 5.52. The van der Waals surface area contributed by atoms with Crippen LogP contribution in [0.2, 0.25) is 0 Å². The van der Waals surface area contributed by atoms with Gasteiger partial charge in [0.1, 0.15) is 0 Å². The van der Waals surface area contributed by atoms with Crippen LogP contribution in [0.5, 0.6) is 0 Å². The molecule has 0 radical (unpaired) electrons. The Kier molecular flexibility index (Phi) is 2.24. The highest BCUT2D eigenvalue weighted by molar-refractivity contribution is 4.76. The number of hydrogen-bond acceptors (Lipinski definition) is 1. The van der Waals surface area contributed by atoms with Gasteiger partial charge in [0.15, 0.2) is 0 Å². The number of rotatable bonds is 0. The Morgan fingerprint density at radius 1 is 1.20 bits per heavy atom. The van der Waals surface area contributed by atoms with Crippen LogP contribution < -0.4 is 5.73 Å². The summed E-state index contributed by atoms with van der Waals surface area (Å²) in [4.78, 5) is 0. The van der Waals surface area contributed by atoms with E-state index in [0.717, 1.165) is 6.42 Å². The molecule has 1 aliphatic rings. The van der Waals surface area contributed by atoms with E-state index < -0.39 is 5.92 Å². The van der Waals surface area contributed by atoms with Gasteiger partial charge in [-0.1, -0.05) is 0 Å². The SMILES string of the molecule is N[C@@H]1CCCC(F)(F)CC1. The zero-order valence-electron chi connectivity index (χ0n) is 5.95. The fourth-order valence-corrected chi connectivity index (χ4v) is 1.29. The second-order valence-corrected chi connectivity index (χ2v) is 3.05. The number of nitrogens with two attached hydrogens (primary N) is 1. The Bertz CT molecular complexity index is 114. The van der Waals surface area contributed by atoms with Gasteiger partial charge in [0.25, 0.3) is 0 Å². The van der Waals surface area contributed by atoms with Crippen LogP contribution >= 0.6 is 0 Å². The van der Waals surface area contributed by atoms with Crippen molar-refractivity contribution in [2.45, 2.75) is 44.1 Å². The molecular weight excluding hydrogens is 136 g/mol. The van der Waals surface area contributed by atoms with Crippen LogP contribution in [0, 0.1) is 0 Å². The van der Waals surface area contributed by atoms with Crippen molar-refractivity contribution in [3.05, 3.63) is 0 Å². The normalized spacial score (nSPS) is 33.3. The molecular formula is C7H13F2N. The summed E-state index contributed by atoms with van der Waals surface area (Å²) in [5, 5.41) is 0. The van der Waals surface area contributed by atoms with Crippen LogP contribution in [0.1, 0.15) is 32.1 Å². The zero-order chi connectivity index (χ0) is 7.61. The van der Waals surface area contributed by atoms with Crippen molar-refractivity contribution in [1.82, 2.24) is 0 Å². The van der Waals surface area contributed by atoms with E-state index in [9.17, 15) is 8.78 Å². The van der Waals surface area contributed by atoms with Crippen LogP contribution in [-0.2, 0) is 0 Å². The Morgan fingerprint density at radius 3 is 2.60 bits per heavy atom. The molecule has 0 aromatic heterocycles. The van der Waals surface area contributed by atoms with E-state index in [1.807, 2.05) is 0 Å². The largest absolute Gasteiger partial charge is 0.328 e. The molecule has 1 nitrogen and oxygen atoms in total. The lowest BCUT2D eigenvalue weighted by Crippen LogP contribution is -2.19. The first kappa shape index (κ1) is 7.92. The first-order valence-electron chi connectivity index (χ1n) is 3.73. The van der Waals surface area contributed by atoms with Crippen molar-refractivity contribution in [1.29, 1.82) is 0 Å². The van der Waals surface area contributed by atoms with E-state index in [1.165, 1.54) is 0 Å². The summed E-state index contributed by atoms with van der Waals surface area (Å²) < 4.78 is 25.2. The molecule has 60 valence electrons. The summed E-state index contributed by atoms with van der Waals surface area (Å²) in [6.07, 6.45) is 1.83. The molecule has 2 N–H and O–H groups in total. The molecule has 1 saturated carbocycles. The molecule has 0 unspecified atom stereocenters. The Hall–Kier alpha value is -0.180. The maximum Gasteiger partial charge on any atom is 0.248 e. The fourth-order valence-electron chi connectivity index (χ4n) is 1.29. The lowest BCUT2D eigenvalue weighted by molar-refractivity contribution is -0.0141. The topological polar surface area (TPSA) is 26.0 Å².